The molecule has 1 fully saturated rings. The molecule has 1 aromatic carbocycles. The Kier molecular flexibility index (Phi) is 5.37. The summed E-state index contributed by atoms with van der Waals surface area (Å²) in [5.41, 5.74) is 7.49. The van der Waals surface area contributed by atoms with Gasteiger partial charge in [-0.15, -0.1) is 5.10 Å². The number of nitrogens with one attached hydrogen (secondary N) is 1. The number of aromatic amines is 1. The fourth-order valence-corrected chi connectivity index (χ4v) is 3.51. The monoisotopic (exact) mass is 359 g/mol. The van der Waals surface area contributed by atoms with Crippen LogP contribution < -0.4 is 5.73 Å². The maximum absolute atomic E-state index is 12.3. The third-order valence-electron chi connectivity index (χ3n) is 4.29. The van der Waals surface area contributed by atoms with Crippen LogP contribution in [-0.2, 0) is 9.59 Å². The molecule has 1 aromatic heterocycles. The van der Waals surface area contributed by atoms with E-state index >= 15 is 0 Å². The molecule has 0 spiro atoms. The van der Waals surface area contributed by atoms with Crippen molar-refractivity contribution >= 4 is 23.6 Å². The van der Waals surface area contributed by atoms with Gasteiger partial charge < -0.3 is 10.6 Å². The van der Waals surface area contributed by atoms with Crippen molar-refractivity contribution in [2.45, 2.75) is 24.9 Å². The maximum Gasteiger partial charge on any atom is 0.233 e. The van der Waals surface area contributed by atoms with Gasteiger partial charge in [-0.2, -0.15) is 0 Å². The molecular weight excluding hydrogens is 338 g/mol. The fraction of sp³-hybridized carbons (Fsp3) is 0.412. The third kappa shape index (κ3) is 4.39. The van der Waals surface area contributed by atoms with Crippen molar-refractivity contribution in [3.63, 3.8) is 0 Å². The van der Waals surface area contributed by atoms with Crippen LogP contribution in [0.15, 0.2) is 29.4 Å². The predicted octanol–water partition coefficient (Wildman–Crippen LogP) is 1.60. The molecule has 132 valence electrons. The molecule has 25 heavy (non-hydrogen) atoms. The lowest BCUT2D eigenvalue weighted by molar-refractivity contribution is -0.132. The smallest absolute Gasteiger partial charge is 0.233 e. The van der Waals surface area contributed by atoms with E-state index in [0.717, 1.165) is 18.4 Å². The number of aryl methyl sites for hydroxylation is 1. The minimum Gasteiger partial charge on any atom is -0.369 e. The molecule has 1 aliphatic heterocycles. The van der Waals surface area contributed by atoms with E-state index in [-0.39, 0.29) is 23.5 Å². The fourth-order valence-electron chi connectivity index (χ4n) is 2.80. The molecule has 3 N–H and O–H groups in total. The van der Waals surface area contributed by atoms with Crippen LogP contribution in [0.1, 0.15) is 18.4 Å². The van der Waals surface area contributed by atoms with Gasteiger partial charge in [0.05, 0.1) is 11.7 Å². The number of nitrogens with zero attached hydrogens (tertiary/aromatic N) is 3. The Bertz CT molecular complexity index is 759. The van der Waals surface area contributed by atoms with E-state index in [1.807, 2.05) is 31.2 Å². The van der Waals surface area contributed by atoms with Crippen LogP contribution in [0.25, 0.3) is 11.4 Å². The van der Waals surface area contributed by atoms with Crippen LogP contribution in [0, 0.1) is 12.8 Å². The van der Waals surface area contributed by atoms with Crippen molar-refractivity contribution in [2.75, 3.05) is 18.8 Å². The van der Waals surface area contributed by atoms with E-state index < -0.39 is 0 Å². The summed E-state index contributed by atoms with van der Waals surface area (Å²) in [6.45, 7) is 3.11. The van der Waals surface area contributed by atoms with Gasteiger partial charge >= 0.3 is 0 Å². The van der Waals surface area contributed by atoms with Crippen molar-refractivity contribution in [1.29, 1.82) is 0 Å². The molecular formula is C17H21N5O2S. The molecule has 2 amide bonds. The van der Waals surface area contributed by atoms with Gasteiger partial charge in [0.1, 0.15) is 0 Å². The Morgan fingerprint density at radius 2 is 2.12 bits per heavy atom. The van der Waals surface area contributed by atoms with E-state index in [0.29, 0.717) is 24.1 Å². The molecule has 8 heteroatoms. The second-order valence-corrected chi connectivity index (χ2v) is 7.15. The molecule has 1 aliphatic rings. The highest BCUT2D eigenvalue weighted by Gasteiger charge is 2.27. The highest BCUT2D eigenvalue weighted by molar-refractivity contribution is 7.99. The number of carbonyl (C=O) groups excluding carboxylic acids is 2. The number of rotatable bonds is 5. The van der Waals surface area contributed by atoms with Crippen LogP contribution >= 0.6 is 11.8 Å². The molecule has 1 saturated heterocycles. The zero-order chi connectivity index (χ0) is 17.8. The zero-order valence-electron chi connectivity index (χ0n) is 14.1. The molecule has 0 bridgehead atoms. The first-order chi connectivity index (χ1) is 12.0. The van der Waals surface area contributed by atoms with Crippen molar-refractivity contribution in [1.82, 2.24) is 20.1 Å². The Hall–Kier alpha value is -2.35. The van der Waals surface area contributed by atoms with Gasteiger partial charge in [-0.05, 0) is 19.8 Å². The first-order valence-corrected chi connectivity index (χ1v) is 9.21. The lowest BCUT2D eigenvalue weighted by Crippen LogP contribution is -2.44. The zero-order valence-corrected chi connectivity index (χ0v) is 14.9. The van der Waals surface area contributed by atoms with E-state index in [9.17, 15) is 9.59 Å². The Labute approximate surface area is 150 Å². The number of H-pyrrole nitrogens is 1. The lowest BCUT2D eigenvalue weighted by Gasteiger charge is -2.31. The average molecular weight is 359 g/mol. The third-order valence-corrected chi connectivity index (χ3v) is 5.12. The largest absolute Gasteiger partial charge is 0.369 e. The van der Waals surface area contributed by atoms with Crippen LogP contribution in [0.3, 0.4) is 0 Å². The Balaban J connectivity index is 1.56. The molecule has 1 atom stereocenters. The Morgan fingerprint density at radius 1 is 1.36 bits per heavy atom. The van der Waals surface area contributed by atoms with Gasteiger partial charge in [0.2, 0.25) is 17.0 Å². The molecule has 2 heterocycles. The second kappa shape index (κ2) is 7.69. The molecule has 0 aliphatic carbocycles. The first kappa shape index (κ1) is 17.5. The number of piperidine rings is 1. The predicted molar refractivity (Wildman–Crippen MR) is 95.8 cm³/mol. The number of carbonyl (C=O) groups is 2. The molecule has 0 unspecified atom stereocenters. The lowest BCUT2D eigenvalue weighted by atomic mass is 9.97. The standard InChI is InChI=1S/C17H21N5O2S/c1-11-4-6-12(7-5-11)16-19-17(21-20-16)25-10-14(23)22-8-2-3-13(9-22)15(18)24/h4-7,13H,2-3,8-10H2,1H3,(H2,18,24)(H,19,20,21)/t13-/m0/s1. The molecule has 2 aromatic rings. The molecule has 3 rings (SSSR count). The number of nitrogens with two attached hydrogens (primary N) is 1. The summed E-state index contributed by atoms with van der Waals surface area (Å²) in [4.78, 5) is 29.8. The number of benzene rings is 1. The van der Waals surface area contributed by atoms with Crippen LogP contribution in [-0.4, -0.2) is 50.7 Å². The van der Waals surface area contributed by atoms with E-state index in [4.69, 9.17) is 5.73 Å². The van der Waals surface area contributed by atoms with Gasteiger partial charge in [-0.1, -0.05) is 41.6 Å². The molecule has 0 saturated carbocycles. The van der Waals surface area contributed by atoms with Gasteiger partial charge in [0.25, 0.3) is 0 Å². The summed E-state index contributed by atoms with van der Waals surface area (Å²) < 4.78 is 0. The summed E-state index contributed by atoms with van der Waals surface area (Å²) in [5, 5.41) is 7.59. The van der Waals surface area contributed by atoms with Gasteiger partial charge in [0.15, 0.2) is 5.82 Å². The number of hydrogen-bond donors (Lipinski definition) is 2. The van der Waals surface area contributed by atoms with Crippen LogP contribution in [0.2, 0.25) is 0 Å². The summed E-state index contributed by atoms with van der Waals surface area (Å²) >= 11 is 1.29. The first-order valence-electron chi connectivity index (χ1n) is 8.22. The van der Waals surface area contributed by atoms with Gasteiger partial charge in [-0.3, -0.25) is 14.7 Å². The quantitative estimate of drug-likeness (QED) is 0.789. The number of aromatic nitrogens is 3. The second-order valence-electron chi connectivity index (χ2n) is 6.20. The number of hydrogen-bond acceptors (Lipinski definition) is 5. The topological polar surface area (TPSA) is 105 Å². The highest BCUT2D eigenvalue weighted by atomic mass is 32.2. The van der Waals surface area contributed by atoms with Gasteiger partial charge in [-0.25, -0.2) is 4.98 Å². The molecule has 0 radical (unpaired) electrons. The van der Waals surface area contributed by atoms with Crippen molar-refractivity contribution in [3.05, 3.63) is 29.8 Å². The van der Waals surface area contributed by atoms with Crippen LogP contribution in [0.4, 0.5) is 0 Å². The number of likely N-dealkylation sites (tertiary alicyclic amines) is 1. The van der Waals surface area contributed by atoms with Crippen molar-refractivity contribution in [2.24, 2.45) is 11.7 Å². The van der Waals surface area contributed by atoms with Gasteiger partial charge in [0, 0.05) is 18.7 Å². The van der Waals surface area contributed by atoms with Crippen LogP contribution in [0.5, 0.6) is 0 Å². The SMILES string of the molecule is Cc1ccc(-c2nc(SCC(=O)N3CCC[C@H](C(N)=O)C3)n[nH]2)cc1. The van der Waals surface area contributed by atoms with Crippen molar-refractivity contribution in [3.8, 4) is 11.4 Å². The van der Waals surface area contributed by atoms with E-state index in [1.54, 1.807) is 4.90 Å². The molecule has 7 nitrogen and oxygen atoms in total. The van der Waals surface area contributed by atoms with E-state index in [1.165, 1.54) is 17.3 Å². The number of amides is 2. The number of thioether (sulfide) groups is 1. The highest BCUT2D eigenvalue weighted by Crippen LogP contribution is 2.21. The summed E-state index contributed by atoms with van der Waals surface area (Å²) in [7, 11) is 0. The summed E-state index contributed by atoms with van der Waals surface area (Å²) in [5.74, 6) is 0.344. The average Bonchev–Trinajstić information content (AvgIpc) is 3.09. The summed E-state index contributed by atoms with van der Waals surface area (Å²) in [6.07, 6.45) is 1.56. The number of primary amides is 1. The Morgan fingerprint density at radius 3 is 2.84 bits per heavy atom. The normalized spacial score (nSPS) is 17.5. The van der Waals surface area contributed by atoms with E-state index in [2.05, 4.69) is 15.2 Å². The minimum absolute atomic E-state index is 0.0161. The minimum atomic E-state index is -0.332. The maximum atomic E-state index is 12.3. The van der Waals surface area contributed by atoms with Crippen molar-refractivity contribution < 1.29 is 9.59 Å². The summed E-state index contributed by atoms with van der Waals surface area (Å²) in [6, 6.07) is 7.99.